The van der Waals surface area contributed by atoms with Crippen molar-refractivity contribution in [3.63, 3.8) is 0 Å². The molecular weight excluding hydrogens is 288 g/mol. The lowest BCUT2D eigenvalue weighted by molar-refractivity contribution is 0.398. The summed E-state index contributed by atoms with van der Waals surface area (Å²) in [4.78, 5) is 8.97. The molecule has 114 valence electrons. The van der Waals surface area contributed by atoms with E-state index < -0.39 is 0 Å². The molecule has 0 N–H and O–H groups in total. The van der Waals surface area contributed by atoms with Gasteiger partial charge in [0.25, 0.3) is 0 Å². The maximum Gasteiger partial charge on any atom is 0.163 e. The Morgan fingerprint density at radius 1 is 1.09 bits per heavy atom. The molecule has 5 heteroatoms. The highest BCUT2D eigenvalue weighted by Gasteiger charge is 2.19. The van der Waals surface area contributed by atoms with Gasteiger partial charge in [-0.25, -0.2) is 4.98 Å². The van der Waals surface area contributed by atoms with E-state index >= 15 is 0 Å². The Kier molecular flexibility index (Phi) is 3.19. The predicted octanol–water partition coefficient (Wildman–Crippen LogP) is 3.75. The third-order valence-electron chi connectivity index (χ3n) is 4.09. The predicted molar refractivity (Wildman–Crippen MR) is 88.0 cm³/mol. The minimum atomic E-state index is 0.690. The van der Waals surface area contributed by atoms with Crippen LogP contribution in [0.15, 0.2) is 53.3 Å². The fourth-order valence-electron chi connectivity index (χ4n) is 2.72. The molecule has 0 bridgehead atoms. The van der Waals surface area contributed by atoms with Crippen molar-refractivity contribution >= 4 is 11.0 Å². The largest absolute Gasteiger partial charge is 0.361 e. The number of aryl methyl sites for hydroxylation is 1. The summed E-state index contributed by atoms with van der Waals surface area (Å²) in [7, 11) is 0. The molecule has 0 saturated heterocycles. The zero-order chi connectivity index (χ0) is 15.8. The molecule has 0 fully saturated rings. The van der Waals surface area contributed by atoms with E-state index in [0.29, 0.717) is 6.54 Å². The summed E-state index contributed by atoms with van der Waals surface area (Å²) in [5, 5.41) is 4.21. The molecule has 4 rings (SSSR count). The van der Waals surface area contributed by atoms with E-state index in [1.165, 1.54) is 0 Å². The third kappa shape index (κ3) is 2.30. The average molecular weight is 304 g/mol. The molecule has 0 spiro atoms. The van der Waals surface area contributed by atoms with Gasteiger partial charge in [-0.3, -0.25) is 4.98 Å². The highest BCUT2D eigenvalue weighted by Crippen LogP contribution is 2.28. The Morgan fingerprint density at radius 3 is 2.70 bits per heavy atom. The van der Waals surface area contributed by atoms with E-state index in [2.05, 4.69) is 26.8 Å². The molecular formula is C18H16N4O. The van der Waals surface area contributed by atoms with E-state index in [0.717, 1.165) is 39.4 Å². The lowest BCUT2D eigenvalue weighted by Crippen LogP contribution is -2.03. The second-order valence-corrected chi connectivity index (χ2v) is 5.58. The molecule has 4 aromatic rings. The highest BCUT2D eigenvalue weighted by molar-refractivity contribution is 5.80. The number of fused-ring (bicyclic) bond motifs is 1. The van der Waals surface area contributed by atoms with Gasteiger partial charge in [-0.1, -0.05) is 23.4 Å². The van der Waals surface area contributed by atoms with Crippen molar-refractivity contribution < 1.29 is 4.52 Å². The van der Waals surface area contributed by atoms with Crippen molar-refractivity contribution in [2.24, 2.45) is 0 Å². The molecule has 0 amide bonds. The van der Waals surface area contributed by atoms with Crippen LogP contribution in [0.2, 0.25) is 0 Å². The number of nitrogens with zero attached hydrogens (tertiary/aromatic N) is 4. The number of para-hydroxylation sites is 2. The summed E-state index contributed by atoms with van der Waals surface area (Å²) < 4.78 is 7.50. The van der Waals surface area contributed by atoms with Gasteiger partial charge in [-0.05, 0) is 37.6 Å². The number of aromatic nitrogens is 4. The molecule has 0 radical (unpaired) electrons. The third-order valence-corrected chi connectivity index (χ3v) is 4.09. The fourth-order valence-corrected chi connectivity index (χ4v) is 2.72. The smallest absolute Gasteiger partial charge is 0.163 e. The van der Waals surface area contributed by atoms with E-state index in [9.17, 15) is 0 Å². The Bertz CT molecular complexity index is 969. The molecule has 23 heavy (non-hydrogen) atoms. The molecule has 0 aliphatic rings. The standard InChI is InChI=1S/C18H16N4O/c1-12-13(2)23-21-17(12)18-20-15-7-3-4-8-16(15)22(18)11-14-6-5-9-19-10-14/h3-10H,11H2,1-2H3. The van der Waals surface area contributed by atoms with Crippen LogP contribution in [0.25, 0.3) is 22.6 Å². The van der Waals surface area contributed by atoms with Gasteiger partial charge in [-0.15, -0.1) is 0 Å². The maximum absolute atomic E-state index is 5.34. The number of pyridine rings is 1. The normalized spacial score (nSPS) is 11.2. The summed E-state index contributed by atoms with van der Waals surface area (Å²) in [6.07, 6.45) is 3.65. The quantitative estimate of drug-likeness (QED) is 0.578. The van der Waals surface area contributed by atoms with Gasteiger partial charge in [0, 0.05) is 18.0 Å². The minimum Gasteiger partial charge on any atom is -0.361 e. The van der Waals surface area contributed by atoms with Gasteiger partial charge in [0.05, 0.1) is 17.6 Å². The minimum absolute atomic E-state index is 0.690. The number of hydrogen-bond donors (Lipinski definition) is 0. The first kappa shape index (κ1) is 13.7. The first-order valence-electron chi connectivity index (χ1n) is 7.51. The Hall–Kier alpha value is -2.95. The summed E-state index contributed by atoms with van der Waals surface area (Å²) in [5.74, 6) is 1.64. The van der Waals surface area contributed by atoms with Crippen LogP contribution in [-0.2, 0) is 6.54 Å². The van der Waals surface area contributed by atoms with Crippen LogP contribution in [0.5, 0.6) is 0 Å². The second kappa shape index (κ2) is 5.35. The topological polar surface area (TPSA) is 56.7 Å². The van der Waals surface area contributed by atoms with E-state index in [1.807, 2.05) is 44.3 Å². The van der Waals surface area contributed by atoms with Gasteiger partial charge in [0.1, 0.15) is 5.76 Å². The van der Waals surface area contributed by atoms with E-state index in [1.54, 1.807) is 6.20 Å². The van der Waals surface area contributed by atoms with Crippen LogP contribution < -0.4 is 0 Å². The molecule has 0 atom stereocenters. The van der Waals surface area contributed by atoms with Crippen LogP contribution in [0.3, 0.4) is 0 Å². The Balaban J connectivity index is 1.93. The van der Waals surface area contributed by atoms with Gasteiger partial charge in [-0.2, -0.15) is 0 Å². The highest BCUT2D eigenvalue weighted by atomic mass is 16.5. The van der Waals surface area contributed by atoms with Crippen molar-refractivity contribution in [1.82, 2.24) is 19.7 Å². The number of hydrogen-bond acceptors (Lipinski definition) is 4. The second-order valence-electron chi connectivity index (χ2n) is 5.58. The molecule has 5 nitrogen and oxygen atoms in total. The number of benzene rings is 1. The van der Waals surface area contributed by atoms with Crippen molar-refractivity contribution in [1.29, 1.82) is 0 Å². The van der Waals surface area contributed by atoms with Gasteiger partial charge in [0.2, 0.25) is 0 Å². The SMILES string of the molecule is Cc1onc(-c2nc3ccccc3n2Cc2cccnc2)c1C. The molecule has 3 aromatic heterocycles. The van der Waals surface area contributed by atoms with Gasteiger partial charge in [0.15, 0.2) is 11.5 Å². The van der Waals surface area contributed by atoms with E-state index in [4.69, 9.17) is 9.51 Å². The van der Waals surface area contributed by atoms with Gasteiger partial charge >= 0.3 is 0 Å². The molecule has 0 aliphatic heterocycles. The monoisotopic (exact) mass is 304 g/mol. The lowest BCUT2D eigenvalue weighted by Gasteiger charge is -2.08. The molecule has 3 heterocycles. The maximum atomic E-state index is 5.34. The molecule has 0 unspecified atom stereocenters. The van der Waals surface area contributed by atoms with Crippen molar-refractivity contribution in [2.45, 2.75) is 20.4 Å². The molecule has 1 aromatic carbocycles. The fraction of sp³-hybridized carbons (Fsp3) is 0.167. The Labute approximate surface area is 133 Å². The number of rotatable bonds is 3. The van der Waals surface area contributed by atoms with Crippen molar-refractivity contribution in [3.8, 4) is 11.5 Å². The molecule has 0 saturated carbocycles. The Morgan fingerprint density at radius 2 is 1.96 bits per heavy atom. The lowest BCUT2D eigenvalue weighted by atomic mass is 10.2. The average Bonchev–Trinajstić information content (AvgIpc) is 3.10. The van der Waals surface area contributed by atoms with Crippen LogP contribution in [-0.4, -0.2) is 19.7 Å². The zero-order valence-electron chi connectivity index (χ0n) is 13.0. The van der Waals surface area contributed by atoms with Crippen LogP contribution >= 0.6 is 0 Å². The van der Waals surface area contributed by atoms with Crippen LogP contribution in [0.1, 0.15) is 16.9 Å². The first-order chi connectivity index (χ1) is 11.2. The van der Waals surface area contributed by atoms with Crippen LogP contribution in [0, 0.1) is 13.8 Å². The molecule has 0 aliphatic carbocycles. The van der Waals surface area contributed by atoms with E-state index in [-0.39, 0.29) is 0 Å². The summed E-state index contributed by atoms with van der Waals surface area (Å²) in [6.45, 7) is 4.61. The number of imidazole rings is 1. The van der Waals surface area contributed by atoms with Crippen molar-refractivity contribution in [2.75, 3.05) is 0 Å². The summed E-state index contributed by atoms with van der Waals surface area (Å²) >= 11 is 0. The van der Waals surface area contributed by atoms with Crippen molar-refractivity contribution in [3.05, 3.63) is 65.7 Å². The zero-order valence-corrected chi connectivity index (χ0v) is 13.0. The summed E-state index contributed by atoms with van der Waals surface area (Å²) in [5.41, 5.74) is 4.96. The van der Waals surface area contributed by atoms with Crippen LogP contribution in [0.4, 0.5) is 0 Å². The van der Waals surface area contributed by atoms with Gasteiger partial charge < -0.3 is 9.09 Å². The first-order valence-corrected chi connectivity index (χ1v) is 7.51. The summed E-state index contributed by atoms with van der Waals surface area (Å²) in [6, 6.07) is 12.1.